The number of sulfonamides is 1. The number of hydrogen-bond acceptors (Lipinski definition) is 5. The largest absolute Gasteiger partial charge is 0.470 e. The predicted octanol–water partition coefficient (Wildman–Crippen LogP) is 0.847. The summed E-state index contributed by atoms with van der Waals surface area (Å²) in [7, 11) is -3.70. The molecule has 9 heteroatoms. The molecule has 2 fully saturated rings. The van der Waals surface area contributed by atoms with Crippen molar-refractivity contribution < 1.29 is 17.9 Å². The number of amides is 2. The summed E-state index contributed by atoms with van der Waals surface area (Å²) in [5, 5.41) is 3.06. The van der Waals surface area contributed by atoms with Gasteiger partial charge in [0.2, 0.25) is 15.9 Å². The molecule has 25 heavy (non-hydrogen) atoms. The molecule has 3 heterocycles. The summed E-state index contributed by atoms with van der Waals surface area (Å²) in [4.78, 5) is 18.2. The van der Waals surface area contributed by atoms with Crippen LogP contribution in [0.2, 0.25) is 0 Å². The Morgan fingerprint density at radius 2 is 2.08 bits per heavy atom. The van der Waals surface area contributed by atoms with Crippen LogP contribution in [0, 0.1) is 0 Å². The minimum absolute atomic E-state index is 0.0441. The average Bonchev–Trinajstić information content (AvgIpc) is 2.94. The molecule has 1 aromatic rings. The van der Waals surface area contributed by atoms with Gasteiger partial charge in [-0.2, -0.15) is 0 Å². The smallest absolute Gasteiger partial charge is 0.317 e. The van der Waals surface area contributed by atoms with E-state index in [0.717, 1.165) is 25.7 Å². The lowest BCUT2D eigenvalue weighted by Crippen LogP contribution is -2.46. The fourth-order valence-corrected chi connectivity index (χ4v) is 5.10. The van der Waals surface area contributed by atoms with Gasteiger partial charge in [-0.25, -0.2) is 22.9 Å². The zero-order valence-electron chi connectivity index (χ0n) is 13.8. The Balaban J connectivity index is 1.47. The number of ether oxygens (including phenoxy) is 1. The highest BCUT2D eigenvalue weighted by Gasteiger charge is 2.43. The fourth-order valence-electron chi connectivity index (χ4n) is 3.76. The maximum atomic E-state index is 12.5. The number of nitrogens with one attached hydrogen (secondary N) is 2. The van der Waals surface area contributed by atoms with Crippen LogP contribution in [0.25, 0.3) is 0 Å². The molecule has 0 spiro atoms. The Morgan fingerprint density at radius 3 is 2.88 bits per heavy atom. The van der Waals surface area contributed by atoms with Gasteiger partial charge in [0, 0.05) is 18.8 Å². The van der Waals surface area contributed by atoms with E-state index in [2.05, 4.69) is 15.0 Å². The first-order valence-corrected chi connectivity index (χ1v) is 10.2. The molecule has 2 amide bonds. The minimum Gasteiger partial charge on any atom is -0.470 e. The third-order valence-electron chi connectivity index (χ3n) is 5.08. The Bertz CT molecular complexity index is 763. The number of carbonyl (C=O) groups excluding carboxylic acids is 1. The van der Waals surface area contributed by atoms with Crippen molar-refractivity contribution in [3.8, 4) is 5.88 Å². The summed E-state index contributed by atoms with van der Waals surface area (Å²) < 4.78 is 33.4. The van der Waals surface area contributed by atoms with Crippen molar-refractivity contribution >= 4 is 16.1 Å². The van der Waals surface area contributed by atoms with Gasteiger partial charge in [0.1, 0.15) is 11.0 Å². The Hall–Kier alpha value is -1.87. The molecule has 1 saturated carbocycles. The van der Waals surface area contributed by atoms with Crippen molar-refractivity contribution in [1.29, 1.82) is 0 Å². The summed E-state index contributed by atoms with van der Waals surface area (Å²) in [6.07, 6.45) is 6.57. The number of fused-ring (bicyclic) bond motifs is 2. The monoisotopic (exact) mass is 366 g/mol. The standard InChI is InChI=1S/C16H22N4O4S/c21-16(18-11-5-2-1-3-6-11)20-9-12-13(10-20)24-15-14(7-4-8-17-15)25(22,23)19-12/h4,7-8,11-13,19H,1-3,5-6,9-10H2,(H,18,21). The van der Waals surface area contributed by atoms with E-state index in [1.165, 1.54) is 18.7 Å². The lowest BCUT2D eigenvalue weighted by atomic mass is 9.96. The van der Waals surface area contributed by atoms with Crippen LogP contribution in [0.3, 0.4) is 0 Å². The normalized spacial score (nSPS) is 28.4. The van der Waals surface area contributed by atoms with Gasteiger partial charge in [-0.05, 0) is 25.0 Å². The summed E-state index contributed by atoms with van der Waals surface area (Å²) in [6.45, 7) is 0.623. The second kappa shape index (κ2) is 6.45. The molecular weight excluding hydrogens is 344 g/mol. The van der Waals surface area contributed by atoms with Crippen LogP contribution in [0.5, 0.6) is 5.88 Å². The number of hydrogen-bond donors (Lipinski definition) is 2. The molecule has 8 nitrogen and oxygen atoms in total. The van der Waals surface area contributed by atoms with Gasteiger partial charge < -0.3 is 15.0 Å². The molecule has 2 atom stereocenters. The minimum atomic E-state index is -3.70. The molecule has 1 saturated heterocycles. The molecule has 0 radical (unpaired) electrons. The van der Waals surface area contributed by atoms with Gasteiger partial charge in [0.15, 0.2) is 0 Å². The van der Waals surface area contributed by atoms with Crippen molar-refractivity contribution in [2.45, 2.75) is 55.2 Å². The van der Waals surface area contributed by atoms with E-state index < -0.39 is 22.2 Å². The van der Waals surface area contributed by atoms with Crippen molar-refractivity contribution in [2.75, 3.05) is 13.1 Å². The van der Waals surface area contributed by atoms with E-state index in [0.29, 0.717) is 6.54 Å². The van der Waals surface area contributed by atoms with Crippen LogP contribution in [-0.2, 0) is 10.0 Å². The summed E-state index contributed by atoms with van der Waals surface area (Å²) in [5.74, 6) is 0.0945. The predicted molar refractivity (Wildman–Crippen MR) is 89.7 cm³/mol. The van der Waals surface area contributed by atoms with Gasteiger partial charge in [-0.3, -0.25) is 0 Å². The van der Waals surface area contributed by atoms with E-state index in [4.69, 9.17) is 4.74 Å². The molecule has 2 N–H and O–H groups in total. The van der Waals surface area contributed by atoms with Gasteiger partial charge in [-0.15, -0.1) is 0 Å². The fraction of sp³-hybridized carbons (Fsp3) is 0.625. The number of rotatable bonds is 1. The molecule has 0 aromatic carbocycles. The number of carbonyl (C=O) groups is 1. The maximum absolute atomic E-state index is 12.5. The van der Waals surface area contributed by atoms with Crippen LogP contribution in [0.1, 0.15) is 32.1 Å². The second-order valence-electron chi connectivity index (χ2n) is 6.88. The molecule has 1 aliphatic carbocycles. The quantitative estimate of drug-likeness (QED) is 0.767. The van der Waals surface area contributed by atoms with Crippen molar-refractivity contribution in [3.05, 3.63) is 18.3 Å². The van der Waals surface area contributed by atoms with Crippen molar-refractivity contribution in [2.24, 2.45) is 0 Å². The Labute approximate surface area is 147 Å². The van der Waals surface area contributed by atoms with Gasteiger partial charge in [0.25, 0.3) is 0 Å². The van der Waals surface area contributed by atoms with E-state index in [1.54, 1.807) is 11.0 Å². The summed E-state index contributed by atoms with van der Waals surface area (Å²) in [6, 6.07) is 2.62. The third kappa shape index (κ3) is 3.30. The molecule has 1 aromatic heterocycles. The number of pyridine rings is 1. The first kappa shape index (κ1) is 16.6. The number of urea groups is 1. The Morgan fingerprint density at radius 1 is 1.28 bits per heavy atom. The number of likely N-dealkylation sites (tertiary alicyclic amines) is 1. The first-order chi connectivity index (χ1) is 12.0. The van der Waals surface area contributed by atoms with Gasteiger partial charge in [0.05, 0.1) is 12.6 Å². The molecule has 3 aliphatic rings. The van der Waals surface area contributed by atoms with Crippen LogP contribution >= 0.6 is 0 Å². The highest BCUT2D eigenvalue weighted by Crippen LogP contribution is 2.29. The first-order valence-electron chi connectivity index (χ1n) is 8.72. The molecule has 2 unspecified atom stereocenters. The average molecular weight is 366 g/mol. The number of aromatic nitrogens is 1. The highest BCUT2D eigenvalue weighted by atomic mass is 32.2. The molecular formula is C16H22N4O4S. The summed E-state index contributed by atoms with van der Waals surface area (Å²) in [5.41, 5.74) is 0. The SMILES string of the molecule is O=C(NC1CCCCC1)N1CC2NS(=O)(=O)c3cccnc3OC2C1. The maximum Gasteiger partial charge on any atom is 0.317 e. The molecule has 4 rings (SSSR count). The van der Waals surface area contributed by atoms with E-state index in [9.17, 15) is 13.2 Å². The van der Waals surface area contributed by atoms with Crippen molar-refractivity contribution in [3.63, 3.8) is 0 Å². The lowest BCUT2D eigenvalue weighted by Gasteiger charge is -2.26. The van der Waals surface area contributed by atoms with Crippen LogP contribution in [0.4, 0.5) is 4.79 Å². The highest BCUT2D eigenvalue weighted by molar-refractivity contribution is 7.89. The summed E-state index contributed by atoms with van der Waals surface area (Å²) >= 11 is 0. The van der Waals surface area contributed by atoms with Crippen LogP contribution in [-0.4, -0.2) is 55.6 Å². The Kier molecular flexibility index (Phi) is 4.28. The van der Waals surface area contributed by atoms with Crippen molar-refractivity contribution in [1.82, 2.24) is 19.9 Å². The lowest BCUT2D eigenvalue weighted by molar-refractivity contribution is 0.171. The zero-order chi connectivity index (χ0) is 17.4. The van der Waals surface area contributed by atoms with E-state index in [-0.39, 0.29) is 29.4 Å². The van der Waals surface area contributed by atoms with Crippen LogP contribution < -0.4 is 14.8 Å². The van der Waals surface area contributed by atoms with Gasteiger partial charge in [-0.1, -0.05) is 19.3 Å². The zero-order valence-corrected chi connectivity index (χ0v) is 14.7. The molecule has 136 valence electrons. The molecule has 2 aliphatic heterocycles. The topological polar surface area (TPSA) is 101 Å². The van der Waals surface area contributed by atoms with Crippen LogP contribution in [0.15, 0.2) is 23.2 Å². The molecule has 0 bridgehead atoms. The second-order valence-corrected chi connectivity index (χ2v) is 8.56. The van der Waals surface area contributed by atoms with E-state index in [1.807, 2.05) is 0 Å². The number of nitrogens with zero attached hydrogens (tertiary/aromatic N) is 2. The van der Waals surface area contributed by atoms with E-state index >= 15 is 0 Å². The third-order valence-corrected chi connectivity index (χ3v) is 6.58. The van der Waals surface area contributed by atoms with Gasteiger partial charge >= 0.3 is 6.03 Å².